The number of hydrogen-bond acceptors (Lipinski definition) is 4. The highest BCUT2D eigenvalue weighted by molar-refractivity contribution is 7.89. The zero-order valence-corrected chi connectivity index (χ0v) is 14.7. The molecule has 1 aliphatic heterocycles. The lowest BCUT2D eigenvalue weighted by molar-refractivity contribution is 0.0945. The SMILES string of the molecule is CC(C)C(N)CCN(C)S(=O)(=O)c1ccc2c(c1)C(=O)NCC2. The van der Waals surface area contributed by atoms with Gasteiger partial charge in [0.15, 0.2) is 0 Å². The lowest BCUT2D eigenvalue weighted by Crippen LogP contribution is -2.35. The molecule has 7 heteroatoms. The molecule has 0 fully saturated rings. The van der Waals surface area contributed by atoms with Crippen LogP contribution >= 0.6 is 0 Å². The van der Waals surface area contributed by atoms with Crippen LogP contribution < -0.4 is 11.1 Å². The Hall–Kier alpha value is -1.44. The van der Waals surface area contributed by atoms with Gasteiger partial charge in [-0.25, -0.2) is 12.7 Å². The monoisotopic (exact) mass is 339 g/mol. The quantitative estimate of drug-likeness (QED) is 0.807. The van der Waals surface area contributed by atoms with Crippen molar-refractivity contribution in [3.8, 4) is 0 Å². The molecule has 0 aromatic heterocycles. The maximum absolute atomic E-state index is 12.7. The number of nitrogens with zero attached hydrogens (tertiary/aromatic N) is 1. The van der Waals surface area contributed by atoms with E-state index in [1.54, 1.807) is 19.2 Å². The van der Waals surface area contributed by atoms with Crippen molar-refractivity contribution in [1.29, 1.82) is 0 Å². The van der Waals surface area contributed by atoms with Crippen molar-refractivity contribution in [2.24, 2.45) is 11.7 Å². The van der Waals surface area contributed by atoms with E-state index in [9.17, 15) is 13.2 Å². The molecule has 1 atom stereocenters. The summed E-state index contributed by atoms with van der Waals surface area (Å²) < 4.78 is 26.6. The summed E-state index contributed by atoms with van der Waals surface area (Å²) in [5.74, 6) is 0.0892. The van der Waals surface area contributed by atoms with Crippen LogP contribution in [0.25, 0.3) is 0 Å². The van der Waals surface area contributed by atoms with Crippen molar-refractivity contribution in [2.45, 2.75) is 37.6 Å². The first-order valence-corrected chi connectivity index (χ1v) is 9.30. The number of carbonyl (C=O) groups is 1. The molecule has 0 aliphatic carbocycles. The summed E-state index contributed by atoms with van der Waals surface area (Å²) in [6.07, 6.45) is 1.32. The number of benzene rings is 1. The van der Waals surface area contributed by atoms with E-state index in [2.05, 4.69) is 5.32 Å². The Morgan fingerprint density at radius 3 is 2.70 bits per heavy atom. The Balaban J connectivity index is 2.19. The molecule has 3 N–H and O–H groups in total. The molecule has 0 saturated carbocycles. The van der Waals surface area contributed by atoms with Gasteiger partial charge in [0.25, 0.3) is 5.91 Å². The Morgan fingerprint density at radius 1 is 1.35 bits per heavy atom. The molecule has 1 aromatic carbocycles. The number of sulfonamides is 1. The standard InChI is InChI=1S/C16H25N3O3S/c1-11(2)15(17)7-9-19(3)23(21,22)13-5-4-12-6-8-18-16(20)14(12)10-13/h4-5,10-11,15H,6-9,17H2,1-3H3,(H,18,20). The van der Waals surface area contributed by atoms with Crippen LogP contribution in [0.4, 0.5) is 0 Å². The molecule has 0 spiro atoms. The summed E-state index contributed by atoms with van der Waals surface area (Å²) in [4.78, 5) is 12.0. The van der Waals surface area contributed by atoms with Crippen molar-refractivity contribution in [3.63, 3.8) is 0 Å². The average molecular weight is 339 g/mol. The third kappa shape index (κ3) is 3.91. The van der Waals surface area contributed by atoms with Gasteiger partial charge in [0.2, 0.25) is 10.0 Å². The summed E-state index contributed by atoms with van der Waals surface area (Å²) in [6, 6.07) is 4.74. The van der Waals surface area contributed by atoms with Gasteiger partial charge in [0, 0.05) is 31.7 Å². The lowest BCUT2D eigenvalue weighted by atomic mass is 10.0. The van der Waals surface area contributed by atoms with Crippen LogP contribution in [0.2, 0.25) is 0 Å². The zero-order valence-electron chi connectivity index (χ0n) is 13.9. The van der Waals surface area contributed by atoms with Gasteiger partial charge in [-0.15, -0.1) is 0 Å². The normalized spacial score (nSPS) is 16.3. The number of fused-ring (bicyclic) bond motifs is 1. The van der Waals surface area contributed by atoms with Crippen LogP contribution in [0.15, 0.2) is 23.1 Å². The molecule has 1 heterocycles. The predicted octanol–water partition coefficient (Wildman–Crippen LogP) is 0.966. The number of carbonyl (C=O) groups excluding carboxylic acids is 1. The summed E-state index contributed by atoms with van der Waals surface area (Å²) >= 11 is 0. The molecule has 128 valence electrons. The van der Waals surface area contributed by atoms with E-state index in [-0.39, 0.29) is 16.8 Å². The minimum Gasteiger partial charge on any atom is -0.352 e. The number of amides is 1. The highest BCUT2D eigenvalue weighted by Gasteiger charge is 2.25. The van der Waals surface area contributed by atoms with Crippen molar-refractivity contribution in [1.82, 2.24) is 9.62 Å². The first kappa shape index (κ1) is 17.9. The summed E-state index contributed by atoms with van der Waals surface area (Å²) in [7, 11) is -2.08. The fraction of sp³-hybridized carbons (Fsp3) is 0.562. The highest BCUT2D eigenvalue weighted by Crippen LogP contribution is 2.21. The molecule has 2 rings (SSSR count). The Kier molecular flexibility index (Phi) is 5.44. The maximum Gasteiger partial charge on any atom is 0.251 e. The van der Waals surface area contributed by atoms with E-state index in [0.29, 0.717) is 31.0 Å². The molecule has 0 radical (unpaired) electrons. The van der Waals surface area contributed by atoms with Crippen LogP contribution in [0.5, 0.6) is 0 Å². The molecule has 0 bridgehead atoms. The van der Waals surface area contributed by atoms with Crippen LogP contribution in [0, 0.1) is 5.92 Å². The van der Waals surface area contributed by atoms with Crippen molar-refractivity contribution >= 4 is 15.9 Å². The first-order valence-electron chi connectivity index (χ1n) is 7.86. The van der Waals surface area contributed by atoms with Gasteiger partial charge < -0.3 is 11.1 Å². The minimum atomic E-state index is -3.62. The topological polar surface area (TPSA) is 92.5 Å². The van der Waals surface area contributed by atoms with Gasteiger partial charge in [-0.3, -0.25) is 4.79 Å². The fourth-order valence-corrected chi connectivity index (χ4v) is 3.73. The Labute approximate surface area is 138 Å². The van der Waals surface area contributed by atoms with Crippen LogP contribution in [-0.2, 0) is 16.4 Å². The van der Waals surface area contributed by atoms with E-state index in [0.717, 1.165) is 12.0 Å². The van der Waals surface area contributed by atoms with Crippen LogP contribution in [0.3, 0.4) is 0 Å². The third-order valence-electron chi connectivity index (χ3n) is 4.35. The third-order valence-corrected chi connectivity index (χ3v) is 6.20. The second kappa shape index (κ2) is 6.98. The van der Waals surface area contributed by atoms with E-state index in [4.69, 9.17) is 5.73 Å². The van der Waals surface area contributed by atoms with E-state index < -0.39 is 10.0 Å². The van der Waals surface area contributed by atoms with Crippen LogP contribution in [0.1, 0.15) is 36.2 Å². The molecular formula is C16H25N3O3S. The minimum absolute atomic E-state index is 0.0399. The first-order chi connectivity index (χ1) is 10.7. The highest BCUT2D eigenvalue weighted by atomic mass is 32.2. The lowest BCUT2D eigenvalue weighted by Gasteiger charge is -2.22. The van der Waals surface area contributed by atoms with E-state index in [1.807, 2.05) is 13.8 Å². The smallest absolute Gasteiger partial charge is 0.251 e. The molecule has 23 heavy (non-hydrogen) atoms. The molecule has 1 aliphatic rings. The average Bonchev–Trinajstić information content (AvgIpc) is 2.52. The summed E-state index contributed by atoms with van der Waals surface area (Å²) in [5, 5.41) is 2.73. The number of rotatable bonds is 6. The Morgan fingerprint density at radius 2 is 2.04 bits per heavy atom. The molecule has 1 aromatic rings. The number of nitrogens with two attached hydrogens (primary N) is 1. The van der Waals surface area contributed by atoms with Gasteiger partial charge in [0.1, 0.15) is 0 Å². The van der Waals surface area contributed by atoms with E-state index >= 15 is 0 Å². The maximum atomic E-state index is 12.7. The van der Waals surface area contributed by atoms with Crippen molar-refractivity contribution < 1.29 is 13.2 Å². The second-order valence-electron chi connectivity index (χ2n) is 6.35. The largest absolute Gasteiger partial charge is 0.352 e. The van der Waals surface area contributed by atoms with Gasteiger partial charge >= 0.3 is 0 Å². The molecule has 1 unspecified atom stereocenters. The van der Waals surface area contributed by atoms with E-state index in [1.165, 1.54) is 10.4 Å². The molecule has 1 amide bonds. The predicted molar refractivity (Wildman–Crippen MR) is 89.7 cm³/mol. The van der Waals surface area contributed by atoms with Crippen molar-refractivity contribution in [3.05, 3.63) is 29.3 Å². The fourth-order valence-electron chi connectivity index (χ4n) is 2.52. The number of hydrogen-bond donors (Lipinski definition) is 2. The van der Waals surface area contributed by atoms with Crippen LogP contribution in [-0.4, -0.2) is 44.8 Å². The van der Waals surface area contributed by atoms with Gasteiger partial charge in [-0.05, 0) is 36.5 Å². The van der Waals surface area contributed by atoms with Gasteiger partial charge in [-0.1, -0.05) is 19.9 Å². The van der Waals surface area contributed by atoms with Crippen molar-refractivity contribution in [2.75, 3.05) is 20.1 Å². The summed E-state index contributed by atoms with van der Waals surface area (Å²) in [6.45, 7) is 4.97. The molecular weight excluding hydrogens is 314 g/mol. The second-order valence-corrected chi connectivity index (χ2v) is 8.39. The molecule has 0 saturated heterocycles. The number of nitrogens with one attached hydrogen (secondary N) is 1. The zero-order chi connectivity index (χ0) is 17.2. The van der Waals surface area contributed by atoms with Gasteiger partial charge in [0.05, 0.1) is 4.90 Å². The Bertz CT molecular complexity index is 686. The molecule has 6 nitrogen and oxygen atoms in total. The summed E-state index contributed by atoms with van der Waals surface area (Å²) in [5.41, 5.74) is 7.32. The van der Waals surface area contributed by atoms with Gasteiger partial charge in [-0.2, -0.15) is 0 Å².